The zero-order valence-corrected chi connectivity index (χ0v) is 21.8. The first kappa shape index (κ1) is 26.7. The van der Waals surface area contributed by atoms with Crippen LogP contribution in [-0.4, -0.2) is 38.9 Å². The molecule has 1 atom stereocenters. The van der Waals surface area contributed by atoms with E-state index in [1.165, 1.54) is 25.1 Å². The van der Waals surface area contributed by atoms with E-state index in [0.29, 0.717) is 17.1 Å². The average Bonchev–Trinajstić information content (AvgIpc) is 2.95. The zero-order chi connectivity index (χ0) is 27.1. The number of carbonyl (C=O) groups is 1. The van der Waals surface area contributed by atoms with E-state index in [2.05, 4.69) is 65.7 Å². The van der Waals surface area contributed by atoms with Crippen LogP contribution in [0.5, 0.6) is 5.75 Å². The van der Waals surface area contributed by atoms with Gasteiger partial charge in [0.25, 0.3) is 0 Å². The van der Waals surface area contributed by atoms with Crippen molar-refractivity contribution < 1.29 is 19.4 Å². The molecule has 4 aromatic rings. The molecule has 7 heteroatoms. The van der Waals surface area contributed by atoms with Gasteiger partial charge in [-0.05, 0) is 65.3 Å². The Balaban J connectivity index is 1.93. The summed E-state index contributed by atoms with van der Waals surface area (Å²) in [6.45, 7) is 9.01. The Hall–Kier alpha value is -4.36. The molecule has 1 aromatic heterocycles. The van der Waals surface area contributed by atoms with Gasteiger partial charge in [-0.25, -0.2) is 19.7 Å². The lowest BCUT2D eigenvalue weighted by Crippen LogP contribution is -2.25. The van der Waals surface area contributed by atoms with Gasteiger partial charge in [-0.2, -0.15) is 0 Å². The van der Waals surface area contributed by atoms with Crippen LogP contribution < -0.4 is 4.74 Å². The summed E-state index contributed by atoms with van der Waals surface area (Å²) in [6, 6.07) is 20.5. The van der Waals surface area contributed by atoms with E-state index < -0.39 is 12.3 Å². The molecule has 0 saturated carbocycles. The van der Waals surface area contributed by atoms with Crippen LogP contribution in [0.15, 0.2) is 85.5 Å². The number of esters is 1. The topological polar surface area (TPSA) is 94.4 Å². The molecule has 0 aliphatic rings. The molecule has 38 heavy (non-hydrogen) atoms. The molecule has 1 heterocycles. The van der Waals surface area contributed by atoms with Gasteiger partial charge in [0.15, 0.2) is 12.4 Å². The smallest absolute Gasteiger partial charge is 0.335 e. The largest absolute Gasteiger partial charge is 0.486 e. The predicted octanol–water partition coefficient (Wildman–Crippen LogP) is 5.81. The van der Waals surface area contributed by atoms with Crippen molar-refractivity contribution in [2.75, 3.05) is 6.61 Å². The van der Waals surface area contributed by atoms with Gasteiger partial charge in [0.1, 0.15) is 18.4 Å². The number of hydrogen-bond donors (Lipinski definition) is 1. The molecule has 0 radical (unpaired) electrons. The molecule has 1 N–H and O–H groups in total. The van der Waals surface area contributed by atoms with Gasteiger partial charge in [-0.3, -0.25) is 0 Å². The van der Waals surface area contributed by atoms with Crippen LogP contribution in [-0.2, 0) is 22.4 Å². The second kappa shape index (κ2) is 12.3. The fourth-order valence-electron chi connectivity index (χ4n) is 4.32. The van der Waals surface area contributed by atoms with Crippen molar-refractivity contribution >= 4 is 5.97 Å². The maximum absolute atomic E-state index is 11.9. The third-order valence-electron chi connectivity index (χ3n) is 6.19. The van der Waals surface area contributed by atoms with E-state index >= 15 is 0 Å². The number of aromatic nitrogens is 3. The summed E-state index contributed by atoms with van der Waals surface area (Å²) in [7, 11) is 0. The molecule has 0 aliphatic carbocycles. The van der Waals surface area contributed by atoms with Gasteiger partial charge < -0.3 is 14.6 Å². The second-order valence-corrected chi connectivity index (χ2v) is 8.83. The first-order valence-electron chi connectivity index (χ1n) is 12.6. The lowest BCUT2D eigenvalue weighted by Gasteiger charge is -2.21. The van der Waals surface area contributed by atoms with Gasteiger partial charge in [0, 0.05) is 5.57 Å². The number of carbonyl (C=O) groups excluding carboxylic acids is 1. The SMILES string of the molecule is C=C(C)C(=O)OC(O)COc1cc(-c2ccccc2CC)cc(-c2ccccc2CC)c1-c1ncncn1. The van der Waals surface area contributed by atoms with Crippen molar-refractivity contribution in [2.45, 2.75) is 39.9 Å². The Morgan fingerprint density at radius 3 is 2.16 bits per heavy atom. The highest BCUT2D eigenvalue weighted by Gasteiger charge is 2.22. The van der Waals surface area contributed by atoms with Crippen LogP contribution in [0.2, 0.25) is 0 Å². The molecule has 0 aliphatic heterocycles. The van der Waals surface area contributed by atoms with E-state index in [9.17, 15) is 9.90 Å². The van der Waals surface area contributed by atoms with Crippen LogP contribution in [0.25, 0.3) is 33.6 Å². The van der Waals surface area contributed by atoms with Crippen molar-refractivity contribution in [2.24, 2.45) is 0 Å². The number of aryl methyl sites for hydroxylation is 2. The first-order valence-corrected chi connectivity index (χ1v) is 12.6. The molecule has 7 nitrogen and oxygen atoms in total. The van der Waals surface area contributed by atoms with Crippen LogP contribution in [0.3, 0.4) is 0 Å². The van der Waals surface area contributed by atoms with Crippen molar-refractivity contribution in [1.82, 2.24) is 15.0 Å². The van der Waals surface area contributed by atoms with E-state index in [1.54, 1.807) is 0 Å². The number of aliphatic hydroxyl groups excluding tert-OH is 1. The normalized spacial score (nSPS) is 11.6. The number of aliphatic hydroxyl groups is 1. The third-order valence-corrected chi connectivity index (χ3v) is 6.19. The van der Waals surface area contributed by atoms with Crippen LogP contribution in [0.1, 0.15) is 31.9 Å². The maximum atomic E-state index is 11.9. The molecule has 4 rings (SSSR count). The van der Waals surface area contributed by atoms with Crippen molar-refractivity contribution in [3.63, 3.8) is 0 Å². The quantitative estimate of drug-likeness (QED) is 0.164. The summed E-state index contributed by atoms with van der Waals surface area (Å²) >= 11 is 0. The summed E-state index contributed by atoms with van der Waals surface area (Å²) in [6.07, 6.45) is 3.08. The number of nitrogens with zero attached hydrogens (tertiary/aromatic N) is 3. The summed E-state index contributed by atoms with van der Waals surface area (Å²) in [5.41, 5.74) is 7.13. The second-order valence-electron chi connectivity index (χ2n) is 8.83. The molecule has 0 spiro atoms. The van der Waals surface area contributed by atoms with E-state index in [4.69, 9.17) is 9.47 Å². The predicted molar refractivity (Wildman–Crippen MR) is 147 cm³/mol. The zero-order valence-electron chi connectivity index (χ0n) is 21.8. The molecule has 0 saturated heterocycles. The van der Waals surface area contributed by atoms with Crippen molar-refractivity contribution in [1.29, 1.82) is 0 Å². The summed E-state index contributed by atoms with van der Waals surface area (Å²) < 4.78 is 11.2. The Bertz CT molecular complexity index is 1440. The minimum atomic E-state index is -1.48. The van der Waals surface area contributed by atoms with Gasteiger partial charge in [-0.1, -0.05) is 69.0 Å². The fraction of sp³-hybridized carbons (Fsp3) is 0.226. The summed E-state index contributed by atoms with van der Waals surface area (Å²) in [4.78, 5) is 24.7. The number of hydrogen-bond acceptors (Lipinski definition) is 7. The molecule has 3 aromatic carbocycles. The van der Waals surface area contributed by atoms with Crippen molar-refractivity contribution in [3.8, 4) is 39.4 Å². The lowest BCUT2D eigenvalue weighted by molar-refractivity contribution is -0.167. The number of ether oxygens (including phenoxy) is 2. The molecular weight excluding hydrogens is 478 g/mol. The minimum absolute atomic E-state index is 0.187. The molecular formula is C31H31N3O4. The van der Waals surface area contributed by atoms with Crippen molar-refractivity contribution in [3.05, 3.63) is 96.6 Å². The molecule has 0 amide bonds. The lowest BCUT2D eigenvalue weighted by atomic mass is 9.88. The Kier molecular flexibility index (Phi) is 8.61. The van der Waals surface area contributed by atoms with E-state index in [1.807, 2.05) is 30.3 Å². The van der Waals surface area contributed by atoms with Gasteiger partial charge in [0.2, 0.25) is 6.29 Å². The number of rotatable bonds is 10. The van der Waals surface area contributed by atoms with E-state index in [0.717, 1.165) is 40.7 Å². The van der Waals surface area contributed by atoms with E-state index in [-0.39, 0.29) is 12.2 Å². The first-order chi connectivity index (χ1) is 18.4. The highest BCUT2D eigenvalue weighted by molar-refractivity contribution is 5.90. The van der Waals surface area contributed by atoms with Gasteiger partial charge in [0.05, 0.1) is 5.56 Å². The minimum Gasteiger partial charge on any atom is -0.486 e. The Labute approximate surface area is 222 Å². The number of benzene rings is 3. The standard InChI is InChI=1S/C31H31N3O4/c1-5-21-11-7-9-13-24(21)23-15-26(25-14-10-8-12-22(25)6-2)29(30-33-18-32-19-34-30)27(16-23)37-17-28(35)38-31(36)20(3)4/h7-16,18-19,28,35H,3,5-6,17H2,1-2,4H3. The summed E-state index contributed by atoms with van der Waals surface area (Å²) in [5, 5.41) is 10.4. The molecule has 1 unspecified atom stereocenters. The monoisotopic (exact) mass is 509 g/mol. The Morgan fingerprint density at radius 2 is 1.53 bits per heavy atom. The molecule has 0 fully saturated rings. The van der Waals surface area contributed by atoms with Crippen LogP contribution in [0, 0.1) is 0 Å². The van der Waals surface area contributed by atoms with Gasteiger partial charge in [-0.15, -0.1) is 0 Å². The van der Waals surface area contributed by atoms with Crippen LogP contribution >= 0.6 is 0 Å². The third kappa shape index (κ3) is 5.95. The average molecular weight is 510 g/mol. The fourth-order valence-corrected chi connectivity index (χ4v) is 4.32. The highest BCUT2D eigenvalue weighted by atomic mass is 16.7. The maximum Gasteiger partial charge on any atom is 0.335 e. The molecule has 0 bridgehead atoms. The van der Waals surface area contributed by atoms with Gasteiger partial charge >= 0.3 is 5.97 Å². The Morgan fingerprint density at radius 1 is 0.921 bits per heavy atom. The molecule has 194 valence electrons. The van der Waals surface area contributed by atoms with Crippen LogP contribution in [0.4, 0.5) is 0 Å². The highest BCUT2D eigenvalue weighted by Crippen LogP contribution is 2.43. The summed E-state index contributed by atoms with van der Waals surface area (Å²) in [5.74, 6) is 0.188.